The van der Waals surface area contributed by atoms with Gasteiger partial charge in [-0.3, -0.25) is 10.2 Å². The molecule has 0 fully saturated rings. The fourth-order valence-corrected chi connectivity index (χ4v) is 2.62. The summed E-state index contributed by atoms with van der Waals surface area (Å²) in [5.74, 6) is -0.579. The SMILES string of the molecule is [2H]Cc1cc(Oc2c(Cl)cc(NN=CC(=O)N(C#N)C(=O)OCC)cc2Cl)ccc1O. The molecule has 0 aliphatic heterocycles. The van der Waals surface area contributed by atoms with Crippen LogP contribution in [-0.4, -0.2) is 34.8 Å². The molecule has 0 saturated heterocycles. The second-order valence-corrected chi connectivity index (χ2v) is 6.32. The lowest BCUT2D eigenvalue weighted by atomic mass is 10.2. The van der Waals surface area contributed by atoms with Gasteiger partial charge in [0.2, 0.25) is 0 Å². The van der Waals surface area contributed by atoms with E-state index in [1.807, 2.05) is 0 Å². The lowest BCUT2D eigenvalue weighted by Gasteiger charge is -2.12. The molecule has 2 aromatic carbocycles. The van der Waals surface area contributed by atoms with Crippen molar-refractivity contribution in [2.24, 2.45) is 5.10 Å². The number of halogens is 2. The fourth-order valence-electron chi connectivity index (χ4n) is 2.05. The third kappa shape index (κ3) is 5.76. The minimum absolute atomic E-state index is 0.000326. The number of nitrogens with zero attached hydrogens (tertiary/aromatic N) is 3. The Balaban J connectivity index is 2.12. The number of hydrogen-bond acceptors (Lipinski definition) is 8. The van der Waals surface area contributed by atoms with E-state index >= 15 is 0 Å². The van der Waals surface area contributed by atoms with E-state index in [4.69, 9.17) is 34.6 Å². The van der Waals surface area contributed by atoms with Gasteiger partial charge in [0.05, 0.1) is 22.3 Å². The van der Waals surface area contributed by atoms with E-state index in [1.54, 1.807) is 0 Å². The number of carbonyl (C=O) groups excluding carboxylic acids is 2. The van der Waals surface area contributed by atoms with Crippen molar-refractivity contribution >= 4 is 47.1 Å². The highest BCUT2D eigenvalue weighted by Crippen LogP contribution is 2.39. The molecule has 0 aromatic heterocycles. The number of hydrazone groups is 1. The Bertz CT molecular complexity index is 1040. The highest BCUT2D eigenvalue weighted by atomic mass is 35.5. The van der Waals surface area contributed by atoms with Crippen LogP contribution in [0, 0.1) is 18.4 Å². The average Bonchev–Trinajstić information content (AvgIpc) is 2.72. The number of nitrogens with one attached hydrogen (secondary N) is 1. The van der Waals surface area contributed by atoms with Crippen LogP contribution in [0.1, 0.15) is 13.9 Å². The van der Waals surface area contributed by atoms with E-state index in [9.17, 15) is 14.7 Å². The molecule has 9 nitrogen and oxygen atoms in total. The molecule has 0 aliphatic rings. The number of aromatic hydroxyl groups is 1. The van der Waals surface area contributed by atoms with Crippen molar-refractivity contribution in [3.63, 3.8) is 0 Å². The Morgan fingerprint density at radius 2 is 2.07 bits per heavy atom. The lowest BCUT2D eigenvalue weighted by Crippen LogP contribution is -2.34. The smallest absolute Gasteiger partial charge is 0.430 e. The second kappa shape index (κ2) is 10.3. The number of benzene rings is 2. The quantitative estimate of drug-likeness (QED) is 0.283. The lowest BCUT2D eigenvalue weighted by molar-refractivity contribution is -0.119. The molecule has 30 heavy (non-hydrogen) atoms. The number of aryl methyl sites for hydroxylation is 1. The van der Waals surface area contributed by atoms with E-state index in [0.717, 1.165) is 0 Å². The summed E-state index contributed by atoms with van der Waals surface area (Å²) in [5, 5.41) is 22.4. The summed E-state index contributed by atoms with van der Waals surface area (Å²) >= 11 is 12.4. The summed E-state index contributed by atoms with van der Waals surface area (Å²) in [5.41, 5.74) is 3.17. The van der Waals surface area contributed by atoms with E-state index in [1.165, 1.54) is 43.4 Å². The summed E-state index contributed by atoms with van der Waals surface area (Å²) < 4.78 is 17.6. The first-order valence-electron chi connectivity index (χ1n) is 8.99. The summed E-state index contributed by atoms with van der Waals surface area (Å²) in [4.78, 5) is 23.6. The maximum Gasteiger partial charge on any atom is 0.430 e. The minimum atomic E-state index is -1.11. The maximum absolute atomic E-state index is 11.9. The molecule has 0 aliphatic carbocycles. The normalized spacial score (nSPS) is 10.8. The number of hydrogen-bond donors (Lipinski definition) is 2. The van der Waals surface area contributed by atoms with Crippen molar-refractivity contribution in [3.8, 4) is 23.4 Å². The number of ether oxygens (including phenoxy) is 2. The zero-order valence-electron chi connectivity index (χ0n) is 16.6. The molecule has 0 bridgehead atoms. The van der Waals surface area contributed by atoms with Gasteiger partial charge in [0.25, 0.3) is 5.91 Å². The van der Waals surface area contributed by atoms with Crippen molar-refractivity contribution in [3.05, 3.63) is 45.9 Å². The Morgan fingerprint density at radius 1 is 1.37 bits per heavy atom. The Morgan fingerprint density at radius 3 is 2.67 bits per heavy atom. The van der Waals surface area contributed by atoms with Crippen LogP contribution in [-0.2, 0) is 9.53 Å². The van der Waals surface area contributed by atoms with Gasteiger partial charge < -0.3 is 14.6 Å². The molecule has 2 N–H and O–H groups in total. The minimum Gasteiger partial charge on any atom is -0.508 e. The van der Waals surface area contributed by atoms with Crippen LogP contribution in [0.15, 0.2) is 35.4 Å². The molecular formula is C19H16Cl2N4O5. The number of anilines is 1. The molecule has 0 atom stereocenters. The largest absolute Gasteiger partial charge is 0.508 e. The van der Waals surface area contributed by atoms with Gasteiger partial charge in [-0.15, -0.1) is 4.90 Å². The molecule has 11 heteroatoms. The van der Waals surface area contributed by atoms with Gasteiger partial charge in [-0.1, -0.05) is 23.2 Å². The second-order valence-electron chi connectivity index (χ2n) is 5.50. The van der Waals surface area contributed by atoms with Crippen LogP contribution in [0.5, 0.6) is 17.2 Å². The summed E-state index contributed by atoms with van der Waals surface area (Å²) in [6, 6.07) is 7.21. The zero-order valence-corrected chi connectivity index (χ0v) is 17.1. The van der Waals surface area contributed by atoms with Gasteiger partial charge in [0, 0.05) is 1.37 Å². The third-order valence-corrected chi connectivity index (χ3v) is 3.97. The molecule has 156 valence electrons. The van der Waals surface area contributed by atoms with Crippen LogP contribution < -0.4 is 10.2 Å². The van der Waals surface area contributed by atoms with Crippen molar-refractivity contribution < 1.29 is 25.5 Å². The number of amides is 2. The molecule has 0 heterocycles. The highest BCUT2D eigenvalue weighted by Gasteiger charge is 2.21. The Labute approximate surface area is 183 Å². The predicted molar refractivity (Wildman–Crippen MR) is 111 cm³/mol. The number of nitriles is 1. The van der Waals surface area contributed by atoms with E-state index in [-0.39, 0.29) is 40.0 Å². The average molecular weight is 452 g/mol. The molecule has 2 amide bonds. The number of rotatable bonds is 6. The fraction of sp³-hybridized carbons (Fsp3) is 0.158. The molecular weight excluding hydrogens is 435 g/mol. The van der Waals surface area contributed by atoms with Gasteiger partial charge >= 0.3 is 6.09 Å². The standard InChI is InChI=1S/C19H16Cl2N4O5/c1-3-29-19(28)25(10-22)17(27)9-23-24-12-7-14(20)18(15(21)8-12)30-13-4-5-16(26)11(2)6-13/h4-9,24,26H,3H2,1-2H3/i2D. The molecule has 0 saturated carbocycles. The number of imide groups is 1. The van der Waals surface area contributed by atoms with Crippen molar-refractivity contribution in [2.75, 3.05) is 12.0 Å². The maximum atomic E-state index is 11.9. The van der Waals surface area contributed by atoms with Crippen LogP contribution in [0.4, 0.5) is 10.5 Å². The zero-order chi connectivity index (χ0) is 23.0. The van der Waals surface area contributed by atoms with E-state index in [0.29, 0.717) is 23.2 Å². The van der Waals surface area contributed by atoms with Crippen LogP contribution in [0.3, 0.4) is 0 Å². The van der Waals surface area contributed by atoms with E-state index < -0.39 is 12.0 Å². The first-order chi connectivity index (χ1) is 14.8. The molecule has 0 spiro atoms. The van der Waals surface area contributed by atoms with Crippen molar-refractivity contribution in [1.82, 2.24) is 4.90 Å². The Kier molecular flexibility index (Phi) is 7.32. The predicted octanol–water partition coefficient (Wildman–Crippen LogP) is 4.66. The molecule has 0 unspecified atom stereocenters. The molecule has 0 radical (unpaired) electrons. The van der Waals surface area contributed by atoms with Gasteiger partial charge in [-0.25, -0.2) is 4.79 Å². The highest BCUT2D eigenvalue weighted by molar-refractivity contribution is 6.37. The van der Waals surface area contributed by atoms with Crippen LogP contribution in [0.2, 0.25) is 10.0 Å². The monoisotopic (exact) mass is 451 g/mol. The van der Waals surface area contributed by atoms with Crippen molar-refractivity contribution in [1.29, 1.82) is 5.26 Å². The number of phenols is 1. The van der Waals surface area contributed by atoms with Gasteiger partial charge in [-0.2, -0.15) is 10.4 Å². The summed E-state index contributed by atoms with van der Waals surface area (Å²) in [6.07, 6.45) is 0.999. The third-order valence-electron chi connectivity index (χ3n) is 3.41. The first-order valence-corrected chi connectivity index (χ1v) is 9.04. The Hall–Kier alpha value is -3.48. The van der Waals surface area contributed by atoms with Gasteiger partial charge in [0.1, 0.15) is 17.7 Å². The van der Waals surface area contributed by atoms with Crippen molar-refractivity contribution in [2.45, 2.75) is 13.8 Å². The topological polar surface area (TPSA) is 124 Å². The number of phenolic OH excluding ortho intramolecular Hbond substituents is 1. The molecule has 2 rings (SSSR count). The van der Waals surface area contributed by atoms with Crippen LogP contribution >= 0.6 is 23.2 Å². The number of carbonyl (C=O) groups is 2. The van der Waals surface area contributed by atoms with Crippen LogP contribution in [0.25, 0.3) is 0 Å². The van der Waals surface area contributed by atoms with Gasteiger partial charge in [0.15, 0.2) is 11.9 Å². The van der Waals surface area contributed by atoms with Gasteiger partial charge in [-0.05, 0) is 49.7 Å². The first kappa shape index (κ1) is 21.2. The molecule has 2 aromatic rings. The summed E-state index contributed by atoms with van der Waals surface area (Å²) in [7, 11) is 0. The van der Waals surface area contributed by atoms with E-state index in [2.05, 4.69) is 15.3 Å². The summed E-state index contributed by atoms with van der Waals surface area (Å²) in [6.45, 7) is 1.40.